The van der Waals surface area contributed by atoms with Crippen molar-refractivity contribution >= 4 is 0 Å². The number of hydrogen-bond donors (Lipinski definition) is 2. The summed E-state index contributed by atoms with van der Waals surface area (Å²) in [6, 6.07) is 0.675. The van der Waals surface area contributed by atoms with Crippen LogP contribution >= 0.6 is 0 Å². The van der Waals surface area contributed by atoms with Crippen molar-refractivity contribution in [1.82, 2.24) is 5.32 Å². The van der Waals surface area contributed by atoms with E-state index in [1.807, 2.05) is 0 Å². The van der Waals surface area contributed by atoms with E-state index in [1.54, 1.807) is 0 Å². The minimum absolute atomic E-state index is 0.123. The molecule has 0 aliphatic heterocycles. The van der Waals surface area contributed by atoms with Gasteiger partial charge >= 0.3 is 0 Å². The first-order valence-corrected chi connectivity index (χ1v) is 6.16. The lowest BCUT2D eigenvalue weighted by molar-refractivity contribution is 0.0903. The van der Waals surface area contributed by atoms with E-state index in [9.17, 15) is 0 Å². The molecule has 0 aromatic rings. The van der Waals surface area contributed by atoms with E-state index in [2.05, 4.69) is 19.2 Å². The fraction of sp³-hybridized carbons (Fsp3) is 1.00. The van der Waals surface area contributed by atoms with Crippen LogP contribution in [0.25, 0.3) is 0 Å². The smallest absolute Gasteiger partial charge is 0.0698 e. The molecule has 15 heavy (non-hydrogen) atoms. The minimum Gasteiger partial charge on any atom is -0.394 e. The molecule has 1 aliphatic rings. The Hall–Kier alpha value is -0.120. The highest BCUT2D eigenvalue weighted by Crippen LogP contribution is 2.29. The molecule has 90 valence electrons. The first kappa shape index (κ1) is 12.9. The van der Waals surface area contributed by atoms with Crippen LogP contribution < -0.4 is 5.32 Å². The molecule has 3 heteroatoms. The van der Waals surface area contributed by atoms with Gasteiger partial charge in [-0.2, -0.15) is 0 Å². The second kappa shape index (κ2) is 7.20. The summed E-state index contributed by atoms with van der Waals surface area (Å²) in [5.74, 6) is 1.73. The molecule has 0 spiro atoms. The third kappa shape index (κ3) is 4.96. The maximum Gasteiger partial charge on any atom is 0.0698 e. The van der Waals surface area contributed by atoms with Crippen molar-refractivity contribution < 1.29 is 9.84 Å². The molecule has 2 N–H and O–H groups in total. The van der Waals surface area contributed by atoms with Gasteiger partial charge < -0.3 is 15.2 Å². The summed E-state index contributed by atoms with van der Waals surface area (Å²) in [4.78, 5) is 0. The molecular weight excluding hydrogens is 190 g/mol. The minimum atomic E-state index is 0.123. The van der Waals surface area contributed by atoms with Crippen molar-refractivity contribution in [2.24, 2.45) is 11.8 Å². The maximum absolute atomic E-state index is 8.53. The second-order valence-electron chi connectivity index (χ2n) is 4.75. The summed E-state index contributed by atoms with van der Waals surface area (Å²) in [6.07, 6.45) is 3.93. The third-order valence-electron chi connectivity index (χ3n) is 3.51. The van der Waals surface area contributed by atoms with Crippen LogP contribution in [0, 0.1) is 11.8 Å². The SMILES string of the molecule is CC1CCC(NCCOCCO)CC1C. The zero-order valence-corrected chi connectivity index (χ0v) is 10.0. The number of nitrogens with one attached hydrogen (secondary N) is 1. The molecule has 0 saturated heterocycles. The molecule has 1 rings (SSSR count). The van der Waals surface area contributed by atoms with Gasteiger partial charge in [0.2, 0.25) is 0 Å². The summed E-state index contributed by atoms with van der Waals surface area (Å²) in [6.45, 7) is 6.90. The van der Waals surface area contributed by atoms with E-state index < -0.39 is 0 Å². The molecule has 3 atom stereocenters. The van der Waals surface area contributed by atoms with Crippen LogP contribution in [0.4, 0.5) is 0 Å². The summed E-state index contributed by atoms with van der Waals surface area (Å²) in [5.41, 5.74) is 0. The van der Waals surface area contributed by atoms with E-state index in [1.165, 1.54) is 19.3 Å². The summed E-state index contributed by atoms with van der Waals surface area (Å²) < 4.78 is 5.21. The van der Waals surface area contributed by atoms with Crippen molar-refractivity contribution in [2.75, 3.05) is 26.4 Å². The van der Waals surface area contributed by atoms with Crippen molar-refractivity contribution in [3.05, 3.63) is 0 Å². The molecule has 1 saturated carbocycles. The Morgan fingerprint density at radius 1 is 1.20 bits per heavy atom. The molecule has 3 unspecified atom stereocenters. The maximum atomic E-state index is 8.53. The Morgan fingerprint density at radius 2 is 2.00 bits per heavy atom. The molecule has 0 amide bonds. The predicted octanol–water partition coefficient (Wildman–Crippen LogP) is 1.41. The molecule has 1 aliphatic carbocycles. The van der Waals surface area contributed by atoms with Crippen LogP contribution in [0.3, 0.4) is 0 Å². The predicted molar refractivity (Wildman–Crippen MR) is 61.9 cm³/mol. The molecule has 3 nitrogen and oxygen atoms in total. The van der Waals surface area contributed by atoms with Gasteiger partial charge in [-0.15, -0.1) is 0 Å². The Balaban J connectivity index is 2.02. The van der Waals surface area contributed by atoms with Gasteiger partial charge in [-0.05, 0) is 31.1 Å². The van der Waals surface area contributed by atoms with Gasteiger partial charge in [-0.3, -0.25) is 0 Å². The van der Waals surface area contributed by atoms with E-state index in [-0.39, 0.29) is 6.61 Å². The molecule has 0 aromatic carbocycles. The highest BCUT2D eigenvalue weighted by molar-refractivity contribution is 4.79. The lowest BCUT2D eigenvalue weighted by Gasteiger charge is -2.32. The highest BCUT2D eigenvalue weighted by Gasteiger charge is 2.23. The topological polar surface area (TPSA) is 41.5 Å². The lowest BCUT2D eigenvalue weighted by Crippen LogP contribution is -2.37. The first-order valence-electron chi connectivity index (χ1n) is 6.16. The van der Waals surface area contributed by atoms with Gasteiger partial charge in [0.25, 0.3) is 0 Å². The fourth-order valence-electron chi connectivity index (χ4n) is 2.23. The van der Waals surface area contributed by atoms with Gasteiger partial charge in [0.15, 0.2) is 0 Å². The van der Waals surface area contributed by atoms with Crippen molar-refractivity contribution in [2.45, 2.75) is 39.2 Å². The second-order valence-corrected chi connectivity index (χ2v) is 4.75. The standard InChI is InChI=1S/C12H25NO2/c1-10-3-4-12(9-11(10)2)13-5-7-15-8-6-14/h10-14H,3-9H2,1-2H3. The Bertz CT molecular complexity index is 164. The molecule has 0 radical (unpaired) electrons. The van der Waals surface area contributed by atoms with E-state index in [4.69, 9.17) is 9.84 Å². The van der Waals surface area contributed by atoms with Crippen molar-refractivity contribution in [3.63, 3.8) is 0 Å². The average Bonchev–Trinajstić information content (AvgIpc) is 2.23. The Morgan fingerprint density at radius 3 is 2.67 bits per heavy atom. The largest absolute Gasteiger partial charge is 0.394 e. The number of hydrogen-bond acceptors (Lipinski definition) is 3. The van der Waals surface area contributed by atoms with Crippen molar-refractivity contribution in [3.8, 4) is 0 Å². The van der Waals surface area contributed by atoms with Crippen LogP contribution in [0.15, 0.2) is 0 Å². The van der Waals surface area contributed by atoms with Crippen molar-refractivity contribution in [1.29, 1.82) is 0 Å². The zero-order valence-electron chi connectivity index (χ0n) is 10.0. The van der Waals surface area contributed by atoms with Gasteiger partial charge in [0, 0.05) is 12.6 Å². The molecule has 0 bridgehead atoms. The molecule has 0 aromatic heterocycles. The van der Waals surface area contributed by atoms with Gasteiger partial charge in [-0.1, -0.05) is 13.8 Å². The van der Waals surface area contributed by atoms with Crippen LogP contribution in [-0.2, 0) is 4.74 Å². The molecular formula is C12H25NO2. The summed E-state index contributed by atoms with van der Waals surface area (Å²) in [5, 5.41) is 12.1. The van der Waals surface area contributed by atoms with Gasteiger partial charge in [0.1, 0.15) is 0 Å². The summed E-state index contributed by atoms with van der Waals surface area (Å²) in [7, 11) is 0. The fourth-order valence-corrected chi connectivity index (χ4v) is 2.23. The van der Waals surface area contributed by atoms with E-state index in [0.717, 1.165) is 18.4 Å². The normalized spacial score (nSPS) is 31.8. The quantitative estimate of drug-likeness (QED) is 0.658. The van der Waals surface area contributed by atoms with Crippen LogP contribution in [0.1, 0.15) is 33.1 Å². The van der Waals surface area contributed by atoms with Crippen LogP contribution in [0.5, 0.6) is 0 Å². The Kier molecular flexibility index (Phi) is 6.22. The van der Waals surface area contributed by atoms with Crippen LogP contribution in [0.2, 0.25) is 0 Å². The monoisotopic (exact) mass is 215 g/mol. The van der Waals surface area contributed by atoms with E-state index >= 15 is 0 Å². The lowest BCUT2D eigenvalue weighted by atomic mass is 9.79. The average molecular weight is 215 g/mol. The zero-order chi connectivity index (χ0) is 11.1. The summed E-state index contributed by atoms with van der Waals surface area (Å²) >= 11 is 0. The highest BCUT2D eigenvalue weighted by atomic mass is 16.5. The van der Waals surface area contributed by atoms with E-state index in [0.29, 0.717) is 19.3 Å². The molecule has 0 heterocycles. The number of ether oxygens (including phenoxy) is 1. The Labute approximate surface area is 93.2 Å². The first-order chi connectivity index (χ1) is 7.24. The van der Waals surface area contributed by atoms with Crippen LogP contribution in [-0.4, -0.2) is 37.5 Å². The third-order valence-corrected chi connectivity index (χ3v) is 3.51. The molecule has 1 fully saturated rings. The number of aliphatic hydroxyl groups excluding tert-OH is 1. The number of rotatable bonds is 6. The van der Waals surface area contributed by atoms with Gasteiger partial charge in [0.05, 0.1) is 19.8 Å². The van der Waals surface area contributed by atoms with Gasteiger partial charge in [-0.25, -0.2) is 0 Å². The number of aliphatic hydroxyl groups is 1.